The van der Waals surface area contributed by atoms with Crippen molar-refractivity contribution in [3.8, 4) is 5.75 Å². The molecule has 21 heavy (non-hydrogen) atoms. The van der Waals surface area contributed by atoms with Crippen LogP contribution in [0.15, 0.2) is 30.6 Å². The van der Waals surface area contributed by atoms with Crippen LogP contribution in [0.4, 0.5) is 0 Å². The molecule has 0 fully saturated rings. The summed E-state index contributed by atoms with van der Waals surface area (Å²) in [5.41, 5.74) is 3.93. The quantitative estimate of drug-likeness (QED) is 0.572. The van der Waals surface area contributed by atoms with E-state index in [0.717, 1.165) is 30.1 Å². The van der Waals surface area contributed by atoms with E-state index in [1.165, 1.54) is 0 Å². The molecular formula is C15H23N5O. The lowest BCUT2D eigenvalue weighted by molar-refractivity contribution is 0.316. The van der Waals surface area contributed by atoms with E-state index in [4.69, 9.17) is 10.6 Å². The van der Waals surface area contributed by atoms with E-state index in [2.05, 4.69) is 22.4 Å². The van der Waals surface area contributed by atoms with Gasteiger partial charge in [0.1, 0.15) is 17.9 Å². The molecule has 0 radical (unpaired) electrons. The fourth-order valence-corrected chi connectivity index (χ4v) is 2.21. The molecule has 2 rings (SSSR count). The molecule has 1 unspecified atom stereocenters. The van der Waals surface area contributed by atoms with Crippen LogP contribution in [-0.4, -0.2) is 21.4 Å². The van der Waals surface area contributed by atoms with Crippen LogP contribution in [0.3, 0.4) is 0 Å². The number of hydrogen-bond acceptors (Lipinski definition) is 5. The summed E-state index contributed by atoms with van der Waals surface area (Å²) in [7, 11) is 0. The molecule has 6 heteroatoms. The number of nitrogens with one attached hydrogen (secondary N) is 1. The number of ether oxygens (including phenoxy) is 1. The second-order valence-corrected chi connectivity index (χ2v) is 4.84. The lowest BCUT2D eigenvalue weighted by Gasteiger charge is -2.17. The van der Waals surface area contributed by atoms with Crippen LogP contribution in [0.25, 0.3) is 0 Å². The smallest absolute Gasteiger partial charge is 0.138 e. The molecule has 0 saturated heterocycles. The molecule has 0 aliphatic heterocycles. The van der Waals surface area contributed by atoms with Crippen molar-refractivity contribution in [2.75, 3.05) is 6.61 Å². The second-order valence-electron chi connectivity index (χ2n) is 4.84. The summed E-state index contributed by atoms with van der Waals surface area (Å²) in [5.74, 6) is 7.50. The van der Waals surface area contributed by atoms with Crippen LogP contribution < -0.4 is 16.0 Å². The van der Waals surface area contributed by atoms with Gasteiger partial charge in [-0.25, -0.2) is 4.98 Å². The molecule has 0 spiro atoms. The summed E-state index contributed by atoms with van der Waals surface area (Å²) in [5, 5.41) is 4.19. The number of aromatic nitrogens is 3. The molecule has 0 amide bonds. The Kier molecular flexibility index (Phi) is 5.71. The first-order chi connectivity index (χ1) is 10.3. The van der Waals surface area contributed by atoms with Crippen LogP contribution in [0.1, 0.15) is 37.7 Å². The van der Waals surface area contributed by atoms with Crippen molar-refractivity contribution in [2.45, 2.75) is 39.3 Å². The lowest BCUT2D eigenvalue weighted by atomic mass is 10.0. The average molecular weight is 289 g/mol. The van der Waals surface area contributed by atoms with E-state index in [0.29, 0.717) is 13.0 Å². The maximum absolute atomic E-state index is 5.71. The van der Waals surface area contributed by atoms with Crippen molar-refractivity contribution in [3.63, 3.8) is 0 Å². The van der Waals surface area contributed by atoms with Gasteiger partial charge < -0.3 is 4.74 Å². The molecule has 3 N–H and O–H groups in total. The van der Waals surface area contributed by atoms with Crippen LogP contribution in [0.2, 0.25) is 0 Å². The zero-order chi connectivity index (χ0) is 15.1. The number of rotatable bonds is 8. The van der Waals surface area contributed by atoms with Gasteiger partial charge >= 0.3 is 0 Å². The fourth-order valence-electron chi connectivity index (χ4n) is 2.21. The highest BCUT2D eigenvalue weighted by molar-refractivity contribution is 5.31. The van der Waals surface area contributed by atoms with Crippen molar-refractivity contribution in [3.05, 3.63) is 42.0 Å². The number of nitrogens with zero attached hydrogens (tertiary/aromatic N) is 3. The Morgan fingerprint density at radius 1 is 1.38 bits per heavy atom. The van der Waals surface area contributed by atoms with E-state index in [1.807, 2.05) is 35.9 Å². The van der Waals surface area contributed by atoms with E-state index >= 15 is 0 Å². The molecule has 6 nitrogen and oxygen atoms in total. The monoisotopic (exact) mass is 289 g/mol. The Bertz CT molecular complexity index is 555. The SMILES string of the molecule is CCCOc1cccc(C(Cc2ncnn2CC)NN)c1. The maximum atomic E-state index is 5.71. The van der Waals surface area contributed by atoms with E-state index in [-0.39, 0.29) is 6.04 Å². The third kappa shape index (κ3) is 4.03. The molecule has 0 aliphatic carbocycles. The Labute approximate surface area is 125 Å². The van der Waals surface area contributed by atoms with Crippen LogP contribution in [-0.2, 0) is 13.0 Å². The number of aryl methyl sites for hydroxylation is 1. The van der Waals surface area contributed by atoms with Crippen LogP contribution in [0, 0.1) is 0 Å². The molecule has 1 aromatic heterocycles. The van der Waals surface area contributed by atoms with Gasteiger partial charge in [0.2, 0.25) is 0 Å². The minimum Gasteiger partial charge on any atom is -0.494 e. The maximum Gasteiger partial charge on any atom is 0.138 e. The van der Waals surface area contributed by atoms with Crippen molar-refractivity contribution in [2.24, 2.45) is 5.84 Å². The van der Waals surface area contributed by atoms with Crippen molar-refractivity contribution in [1.82, 2.24) is 20.2 Å². The van der Waals surface area contributed by atoms with Crippen molar-refractivity contribution in [1.29, 1.82) is 0 Å². The Hall–Kier alpha value is -1.92. The summed E-state index contributed by atoms with van der Waals surface area (Å²) >= 11 is 0. The predicted octanol–water partition coefficient (Wildman–Crippen LogP) is 1.83. The van der Waals surface area contributed by atoms with Crippen LogP contribution >= 0.6 is 0 Å². The summed E-state index contributed by atoms with van der Waals surface area (Å²) in [6.45, 7) is 5.65. The summed E-state index contributed by atoms with van der Waals surface area (Å²) in [6, 6.07) is 7.98. The molecular weight excluding hydrogens is 266 g/mol. The Morgan fingerprint density at radius 2 is 2.24 bits per heavy atom. The van der Waals surface area contributed by atoms with Crippen LogP contribution in [0.5, 0.6) is 5.75 Å². The van der Waals surface area contributed by atoms with Crippen molar-refractivity contribution >= 4 is 0 Å². The molecule has 0 saturated carbocycles. The Morgan fingerprint density at radius 3 is 2.95 bits per heavy atom. The minimum atomic E-state index is -0.0234. The Balaban J connectivity index is 2.13. The second kappa shape index (κ2) is 7.75. The van der Waals surface area contributed by atoms with Gasteiger partial charge in [0.25, 0.3) is 0 Å². The van der Waals surface area contributed by atoms with E-state index in [9.17, 15) is 0 Å². The molecule has 2 aromatic rings. The molecule has 1 heterocycles. The third-order valence-electron chi connectivity index (χ3n) is 3.32. The standard InChI is InChI=1S/C15H23N5O/c1-3-8-21-13-7-5-6-12(9-13)14(19-16)10-15-17-11-18-20(15)4-2/h5-7,9,11,14,19H,3-4,8,10,16H2,1-2H3. The number of benzene rings is 1. The predicted molar refractivity (Wildman–Crippen MR) is 81.7 cm³/mol. The first kappa shape index (κ1) is 15.5. The van der Waals surface area contributed by atoms with Gasteiger partial charge in [-0.05, 0) is 31.0 Å². The van der Waals surface area contributed by atoms with E-state index < -0.39 is 0 Å². The van der Waals surface area contributed by atoms with Gasteiger partial charge in [0, 0.05) is 13.0 Å². The van der Waals surface area contributed by atoms with Gasteiger partial charge in [-0.3, -0.25) is 16.0 Å². The third-order valence-corrected chi connectivity index (χ3v) is 3.32. The summed E-state index contributed by atoms with van der Waals surface area (Å²) in [6.07, 6.45) is 3.25. The minimum absolute atomic E-state index is 0.0234. The largest absolute Gasteiger partial charge is 0.494 e. The average Bonchev–Trinajstić information content (AvgIpc) is 2.98. The number of nitrogens with two attached hydrogens (primary N) is 1. The fraction of sp³-hybridized carbons (Fsp3) is 0.467. The molecule has 1 aromatic carbocycles. The molecule has 0 aliphatic rings. The number of hydrazine groups is 1. The number of hydrogen-bond donors (Lipinski definition) is 2. The highest BCUT2D eigenvalue weighted by Gasteiger charge is 2.15. The molecule has 1 atom stereocenters. The summed E-state index contributed by atoms with van der Waals surface area (Å²) < 4.78 is 7.55. The zero-order valence-electron chi connectivity index (χ0n) is 12.6. The molecule has 114 valence electrons. The zero-order valence-corrected chi connectivity index (χ0v) is 12.6. The highest BCUT2D eigenvalue weighted by Crippen LogP contribution is 2.21. The van der Waals surface area contributed by atoms with Gasteiger partial charge in [-0.1, -0.05) is 19.1 Å². The first-order valence-electron chi connectivity index (χ1n) is 7.34. The topological polar surface area (TPSA) is 78.0 Å². The van der Waals surface area contributed by atoms with Crippen molar-refractivity contribution < 1.29 is 4.74 Å². The lowest BCUT2D eigenvalue weighted by Crippen LogP contribution is -2.30. The summed E-state index contributed by atoms with van der Waals surface area (Å²) in [4.78, 5) is 4.30. The van der Waals surface area contributed by atoms with Gasteiger partial charge in [0.15, 0.2) is 0 Å². The van der Waals surface area contributed by atoms with Gasteiger partial charge in [-0.15, -0.1) is 0 Å². The highest BCUT2D eigenvalue weighted by atomic mass is 16.5. The van der Waals surface area contributed by atoms with E-state index in [1.54, 1.807) is 6.33 Å². The first-order valence-corrected chi connectivity index (χ1v) is 7.34. The van der Waals surface area contributed by atoms with Gasteiger partial charge in [-0.2, -0.15) is 5.10 Å². The molecule has 0 bridgehead atoms. The van der Waals surface area contributed by atoms with Gasteiger partial charge in [0.05, 0.1) is 12.6 Å². The normalized spacial score (nSPS) is 12.3.